The van der Waals surface area contributed by atoms with Gasteiger partial charge in [-0.3, -0.25) is 4.90 Å². The van der Waals surface area contributed by atoms with Crippen molar-refractivity contribution >= 4 is 0 Å². The van der Waals surface area contributed by atoms with Crippen LogP contribution in [0.3, 0.4) is 0 Å². The lowest BCUT2D eigenvalue weighted by molar-refractivity contribution is 0.172. The molecule has 2 atom stereocenters. The van der Waals surface area contributed by atoms with Gasteiger partial charge in [0.2, 0.25) is 0 Å². The highest BCUT2D eigenvalue weighted by Gasteiger charge is 2.33. The van der Waals surface area contributed by atoms with Gasteiger partial charge in [-0.2, -0.15) is 5.26 Å². The molecule has 0 spiro atoms. The molecule has 0 radical (unpaired) electrons. The molecule has 1 fully saturated rings. The molecule has 1 saturated heterocycles. The standard InChI is InChI=1S/C19H18F2N2O2/c1-25-19-5-2-12(9-22)6-14(19)10-23-11-15(24)8-18(23)13-3-4-16(20)17(21)7-13/h2-7,15,18,24H,8,10-11H2,1H3/t15-,18+/m1/s1. The minimum Gasteiger partial charge on any atom is -0.496 e. The Morgan fingerprint density at radius 3 is 2.72 bits per heavy atom. The first-order valence-electron chi connectivity index (χ1n) is 7.96. The van der Waals surface area contributed by atoms with Gasteiger partial charge in [0.05, 0.1) is 24.8 Å². The summed E-state index contributed by atoms with van der Waals surface area (Å²) in [6, 6.07) is 10.8. The summed E-state index contributed by atoms with van der Waals surface area (Å²) in [4.78, 5) is 1.98. The Hall–Kier alpha value is -2.49. The van der Waals surface area contributed by atoms with Crippen LogP contribution in [-0.4, -0.2) is 29.8 Å². The quantitative estimate of drug-likeness (QED) is 0.926. The molecule has 0 aromatic heterocycles. The normalized spacial score (nSPS) is 20.4. The van der Waals surface area contributed by atoms with Gasteiger partial charge in [-0.15, -0.1) is 0 Å². The minimum absolute atomic E-state index is 0.236. The first-order chi connectivity index (χ1) is 12.0. The van der Waals surface area contributed by atoms with Gasteiger partial charge in [-0.05, 0) is 42.3 Å². The average molecular weight is 344 g/mol. The number of nitriles is 1. The molecule has 1 aliphatic rings. The highest BCUT2D eigenvalue weighted by Crippen LogP contribution is 2.35. The molecule has 25 heavy (non-hydrogen) atoms. The predicted molar refractivity (Wildman–Crippen MR) is 87.8 cm³/mol. The van der Waals surface area contributed by atoms with E-state index in [4.69, 9.17) is 10.00 Å². The van der Waals surface area contributed by atoms with Crippen LogP contribution in [0.15, 0.2) is 36.4 Å². The molecular weight excluding hydrogens is 326 g/mol. The maximum absolute atomic E-state index is 13.6. The number of ether oxygens (including phenoxy) is 1. The van der Waals surface area contributed by atoms with Crippen LogP contribution in [0.2, 0.25) is 0 Å². The van der Waals surface area contributed by atoms with Crippen LogP contribution in [0.25, 0.3) is 0 Å². The molecule has 1 aliphatic heterocycles. The van der Waals surface area contributed by atoms with E-state index in [1.807, 2.05) is 4.90 Å². The smallest absolute Gasteiger partial charge is 0.159 e. The summed E-state index contributed by atoms with van der Waals surface area (Å²) in [5, 5.41) is 19.2. The molecule has 2 aromatic carbocycles. The largest absolute Gasteiger partial charge is 0.496 e. The second-order valence-electron chi connectivity index (χ2n) is 6.15. The topological polar surface area (TPSA) is 56.5 Å². The summed E-state index contributed by atoms with van der Waals surface area (Å²) in [5.74, 6) is -1.15. The number of nitrogens with zero attached hydrogens (tertiary/aromatic N) is 2. The summed E-state index contributed by atoms with van der Waals surface area (Å²) in [7, 11) is 1.55. The van der Waals surface area contributed by atoms with Gasteiger partial charge in [0.25, 0.3) is 0 Å². The van der Waals surface area contributed by atoms with Crippen LogP contribution >= 0.6 is 0 Å². The van der Waals surface area contributed by atoms with E-state index in [1.165, 1.54) is 12.1 Å². The Labute approximate surface area is 144 Å². The molecule has 3 rings (SSSR count). The van der Waals surface area contributed by atoms with Gasteiger partial charge < -0.3 is 9.84 Å². The number of hydrogen-bond donors (Lipinski definition) is 1. The third-order valence-electron chi connectivity index (χ3n) is 4.49. The van der Waals surface area contributed by atoms with Crippen molar-refractivity contribution in [3.05, 3.63) is 64.7 Å². The van der Waals surface area contributed by atoms with E-state index in [9.17, 15) is 13.9 Å². The number of likely N-dealkylation sites (tertiary alicyclic amines) is 1. The molecule has 1 N–H and O–H groups in total. The van der Waals surface area contributed by atoms with E-state index in [-0.39, 0.29) is 6.04 Å². The number of β-amino-alcohol motifs (C(OH)–C–C–N with tert-alkyl or cyclic N) is 1. The molecule has 6 heteroatoms. The predicted octanol–water partition coefficient (Wildman–Crippen LogP) is 3.15. The SMILES string of the molecule is COc1ccc(C#N)cc1CN1C[C@H](O)C[C@H]1c1ccc(F)c(F)c1. The number of halogens is 2. The van der Waals surface area contributed by atoms with Crippen LogP contribution in [0.5, 0.6) is 5.75 Å². The van der Waals surface area contributed by atoms with Crippen molar-refractivity contribution in [1.29, 1.82) is 5.26 Å². The van der Waals surface area contributed by atoms with Gasteiger partial charge in [-0.1, -0.05) is 6.07 Å². The molecule has 4 nitrogen and oxygen atoms in total. The highest BCUT2D eigenvalue weighted by molar-refractivity contribution is 5.42. The maximum Gasteiger partial charge on any atom is 0.159 e. The van der Waals surface area contributed by atoms with Crippen molar-refractivity contribution in [2.75, 3.05) is 13.7 Å². The lowest BCUT2D eigenvalue weighted by Gasteiger charge is -2.25. The summed E-state index contributed by atoms with van der Waals surface area (Å²) in [6.45, 7) is 0.836. The van der Waals surface area contributed by atoms with Gasteiger partial charge in [0, 0.05) is 24.7 Å². The minimum atomic E-state index is -0.900. The summed E-state index contributed by atoms with van der Waals surface area (Å²) in [6.07, 6.45) is -0.117. The Kier molecular flexibility index (Phi) is 4.98. The molecular formula is C19H18F2N2O2. The Morgan fingerprint density at radius 1 is 1.24 bits per heavy atom. The number of aliphatic hydroxyl groups excluding tert-OH is 1. The van der Waals surface area contributed by atoms with Crippen molar-refractivity contribution in [2.24, 2.45) is 0 Å². The van der Waals surface area contributed by atoms with Gasteiger partial charge >= 0.3 is 0 Å². The van der Waals surface area contributed by atoms with E-state index < -0.39 is 17.7 Å². The van der Waals surface area contributed by atoms with E-state index >= 15 is 0 Å². The van der Waals surface area contributed by atoms with Crippen LogP contribution in [0.1, 0.15) is 29.2 Å². The van der Waals surface area contributed by atoms with E-state index in [1.54, 1.807) is 25.3 Å². The zero-order chi connectivity index (χ0) is 18.0. The summed E-state index contributed by atoms with van der Waals surface area (Å²) < 4.78 is 32.1. The molecule has 130 valence electrons. The molecule has 0 aliphatic carbocycles. The van der Waals surface area contributed by atoms with Crippen LogP contribution in [-0.2, 0) is 6.54 Å². The summed E-state index contributed by atoms with van der Waals surface area (Å²) >= 11 is 0. The van der Waals surface area contributed by atoms with Crippen molar-refractivity contribution in [2.45, 2.75) is 25.1 Å². The Balaban J connectivity index is 1.90. The Morgan fingerprint density at radius 2 is 2.04 bits per heavy atom. The average Bonchev–Trinajstić information content (AvgIpc) is 2.97. The maximum atomic E-state index is 13.6. The van der Waals surface area contributed by atoms with Crippen LogP contribution in [0, 0.1) is 23.0 Å². The Bertz CT molecular complexity index is 820. The fraction of sp³-hybridized carbons (Fsp3) is 0.316. The molecule has 0 unspecified atom stereocenters. The zero-order valence-electron chi connectivity index (χ0n) is 13.7. The molecule has 1 heterocycles. The number of methoxy groups -OCH3 is 1. The number of rotatable bonds is 4. The van der Waals surface area contributed by atoms with E-state index in [0.717, 1.165) is 11.6 Å². The number of hydrogen-bond acceptors (Lipinski definition) is 4. The van der Waals surface area contributed by atoms with E-state index in [2.05, 4.69) is 6.07 Å². The van der Waals surface area contributed by atoms with E-state index in [0.29, 0.717) is 36.4 Å². The second kappa shape index (κ2) is 7.18. The molecule has 0 bridgehead atoms. The first kappa shape index (κ1) is 17.3. The van der Waals surface area contributed by atoms with Gasteiger partial charge in [0.1, 0.15) is 5.75 Å². The third-order valence-corrected chi connectivity index (χ3v) is 4.49. The lowest BCUT2D eigenvalue weighted by atomic mass is 10.0. The third kappa shape index (κ3) is 3.63. The fourth-order valence-electron chi connectivity index (χ4n) is 3.31. The van der Waals surface area contributed by atoms with Crippen LogP contribution in [0.4, 0.5) is 8.78 Å². The molecule has 0 saturated carbocycles. The zero-order valence-corrected chi connectivity index (χ0v) is 13.7. The lowest BCUT2D eigenvalue weighted by Crippen LogP contribution is -2.24. The van der Waals surface area contributed by atoms with Gasteiger partial charge in [-0.25, -0.2) is 8.78 Å². The first-order valence-corrected chi connectivity index (χ1v) is 7.96. The highest BCUT2D eigenvalue weighted by atomic mass is 19.2. The van der Waals surface area contributed by atoms with Crippen molar-refractivity contribution in [3.8, 4) is 11.8 Å². The second-order valence-corrected chi connectivity index (χ2v) is 6.15. The number of benzene rings is 2. The molecule has 0 amide bonds. The van der Waals surface area contributed by atoms with Crippen molar-refractivity contribution in [1.82, 2.24) is 4.90 Å². The summed E-state index contributed by atoms with van der Waals surface area (Å²) in [5.41, 5.74) is 1.94. The van der Waals surface area contributed by atoms with Crippen molar-refractivity contribution < 1.29 is 18.6 Å². The monoisotopic (exact) mass is 344 g/mol. The van der Waals surface area contributed by atoms with Crippen molar-refractivity contribution in [3.63, 3.8) is 0 Å². The fourth-order valence-corrected chi connectivity index (χ4v) is 3.31. The number of aliphatic hydroxyl groups is 1. The van der Waals surface area contributed by atoms with Crippen LogP contribution < -0.4 is 4.74 Å². The molecule has 2 aromatic rings. The van der Waals surface area contributed by atoms with Gasteiger partial charge in [0.15, 0.2) is 11.6 Å².